The van der Waals surface area contributed by atoms with Crippen LogP contribution in [0.4, 0.5) is 13.2 Å². The zero-order valence-corrected chi connectivity index (χ0v) is 22.7. The fourth-order valence-electron chi connectivity index (χ4n) is 4.25. The molecule has 2 atom stereocenters. The highest BCUT2D eigenvalue weighted by molar-refractivity contribution is 5.94. The summed E-state index contributed by atoms with van der Waals surface area (Å²) in [6, 6.07) is 19.8. The van der Waals surface area contributed by atoms with Gasteiger partial charge in [-0.25, -0.2) is 4.79 Å². The highest BCUT2D eigenvalue weighted by Crippen LogP contribution is 2.36. The number of hydrogen-bond donors (Lipinski definition) is 1. The summed E-state index contributed by atoms with van der Waals surface area (Å²) < 4.78 is 47.6. The molecule has 0 spiro atoms. The molecule has 0 saturated heterocycles. The van der Waals surface area contributed by atoms with Crippen LogP contribution < -0.4 is 10.1 Å². The SMILES string of the molecule is CCCC(c1ccc(C(=O)OC(C)(C)C)cc1)C(NC(=O)c1ccc(C#N)cc1)c1ccc(OC(F)(F)F)cc1. The molecule has 1 amide bonds. The Labute approximate surface area is 231 Å². The number of nitriles is 1. The number of carbonyl (C=O) groups excluding carboxylic acids is 2. The fraction of sp³-hybridized carbons (Fsp3) is 0.323. The van der Waals surface area contributed by atoms with E-state index in [9.17, 15) is 22.8 Å². The fourth-order valence-corrected chi connectivity index (χ4v) is 4.25. The molecule has 0 aliphatic heterocycles. The topological polar surface area (TPSA) is 88.4 Å². The van der Waals surface area contributed by atoms with E-state index in [-0.39, 0.29) is 11.7 Å². The predicted octanol–water partition coefficient (Wildman–Crippen LogP) is 7.47. The number of nitrogens with one attached hydrogen (secondary N) is 1. The maximum absolute atomic E-state index is 13.3. The predicted molar refractivity (Wildman–Crippen MR) is 144 cm³/mol. The van der Waals surface area contributed by atoms with Gasteiger partial charge in [0, 0.05) is 11.5 Å². The Kier molecular flexibility index (Phi) is 9.59. The quantitative estimate of drug-likeness (QED) is 0.278. The number of alkyl halides is 3. The van der Waals surface area contributed by atoms with Crippen molar-refractivity contribution < 1.29 is 32.2 Å². The number of ether oxygens (including phenoxy) is 2. The van der Waals surface area contributed by atoms with Crippen molar-refractivity contribution >= 4 is 11.9 Å². The van der Waals surface area contributed by atoms with E-state index in [2.05, 4.69) is 10.1 Å². The van der Waals surface area contributed by atoms with Gasteiger partial charge in [-0.1, -0.05) is 37.6 Å². The van der Waals surface area contributed by atoms with Crippen molar-refractivity contribution in [2.24, 2.45) is 0 Å². The molecule has 9 heteroatoms. The molecule has 0 aromatic heterocycles. The second-order valence-electron chi connectivity index (χ2n) is 10.3. The minimum atomic E-state index is -4.83. The van der Waals surface area contributed by atoms with E-state index in [0.29, 0.717) is 28.7 Å². The first kappa shape index (κ1) is 30.2. The molecule has 3 aromatic rings. The second kappa shape index (κ2) is 12.7. The van der Waals surface area contributed by atoms with Crippen LogP contribution in [-0.4, -0.2) is 23.8 Å². The number of esters is 1. The first-order valence-electron chi connectivity index (χ1n) is 12.8. The van der Waals surface area contributed by atoms with Crippen LogP contribution in [-0.2, 0) is 4.74 Å². The maximum Gasteiger partial charge on any atom is 0.573 e. The Morgan fingerprint density at radius 1 is 0.875 bits per heavy atom. The Morgan fingerprint density at radius 2 is 1.43 bits per heavy atom. The average molecular weight is 553 g/mol. The van der Waals surface area contributed by atoms with Gasteiger partial charge in [0.15, 0.2) is 0 Å². The molecule has 0 radical (unpaired) electrons. The summed E-state index contributed by atoms with van der Waals surface area (Å²) >= 11 is 0. The Bertz CT molecular complexity index is 1340. The highest BCUT2D eigenvalue weighted by atomic mass is 19.4. The lowest BCUT2D eigenvalue weighted by atomic mass is 9.83. The zero-order valence-electron chi connectivity index (χ0n) is 22.7. The van der Waals surface area contributed by atoms with Crippen LogP contribution in [0.1, 0.15) is 89.9 Å². The highest BCUT2D eigenvalue weighted by Gasteiger charge is 2.32. The van der Waals surface area contributed by atoms with E-state index in [0.717, 1.165) is 12.0 Å². The van der Waals surface area contributed by atoms with Gasteiger partial charge in [0.25, 0.3) is 5.91 Å². The van der Waals surface area contributed by atoms with E-state index < -0.39 is 29.9 Å². The van der Waals surface area contributed by atoms with Crippen LogP contribution in [0.3, 0.4) is 0 Å². The third kappa shape index (κ3) is 8.60. The van der Waals surface area contributed by atoms with Crippen LogP contribution in [0.15, 0.2) is 72.8 Å². The molecule has 0 aliphatic carbocycles. The third-order valence-electron chi connectivity index (χ3n) is 6.01. The molecular formula is C31H31F3N2O4. The number of nitrogens with zero attached hydrogens (tertiary/aromatic N) is 1. The molecule has 6 nitrogen and oxygen atoms in total. The van der Waals surface area contributed by atoms with Crippen molar-refractivity contribution in [3.05, 3.63) is 101 Å². The van der Waals surface area contributed by atoms with Crippen molar-refractivity contribution in [2.75, 3.05) is 0 Å². The number of carbonyl (C=O) groups is 2. The molecule has 0 heterocycles. The minimum absolute atomic E-state index is 0.283. The van der Waals surface area contributed by atoms with Gasteiger partial charge in [-0.2, -0.15) is 5.26 Å². The molecule has 0 saturated carbocycles. The van der Waals surface area contributed by atoms with E-state index in [4.69, 9.17) is 10.00 Å². The summed E-state index contributed by atoms with van der Waals surface area (Å²) in [5, 5.41) is 12.1. The van der Waals surface area contributed by atoms with Gasteiger partial charge in [-0.05, 0) is 86.8 Å². The number of amides is 1. The largest absolute Gasteiger partial charge is 0.573 e. The summed E-state index contributed by atoms with van der Waals surface area (Å²) in [4.78, 5) is 25.8. The summed E-state index contributed by atoms with van der Waals surface area (Å²) in [6.45, 7) is 7.33. The molecule has 40 heavy (non-hydrogen) atoms. The Morgan fingerprint density at radius 3 is 1.93 bits per heavy atom. The van der Waals surface area contributed by atoms with Gasteiger partial charge in [0.1, 0.15) is 11.4 Å². The number of halogens is 3. The molecule has 0 bridgehead atoms. The summed E-state index contributed by atoms with van der Waals surface area (Å²) in [7, 11) is 0. The summed E-state index contributed by atoms with van der Waals surface area (Å²) in [5.41, 5.74) is 1.87. The molecule has 210 valence electrons. The Balaban J connectivity index is 1.98. The number of benzene rings is 3. The van der Waals surface area contributed by atoms with Crippen LogP contribution in [0.2, 0.25) is 0 Å². The normalized spacial score (nSPS) is 13.1. The van der Waals surface area contributed by atoms with Crippen LogP contribution in [0.25, 0.3) is 0 Å². The van der Waals surface area contributed by atoms with Crippen molar-refractivity contribution in [2.45, 2.75) is 64.5 Å². The molecule has 0 fully saturated rings. The Hall–Kier alpha value is -4.32. The van der Waals surface area contributed by atoms with Gasteiger partial charge in [0.2, 0.25) is 0 Å². The van der Waals surface area contributed by atoms with Gasteiger partial charge >= 0.3 is 12.3 Å². The smallest absolute Gasteiger partial charge is 0.456 e. The molecule has 3 aromatic carbocycles. The number of rotatable bonds is 9. The molecule has 0 aliphatic rings. The molecule has 2 unspecified atom stereocenters. The van der Waals surface area contributed by atoms with Crippen molar-refractivity contribution in [3.8, 4) is 11.8 Å². The van der Waals surface area contributed by atoms with E-state index in [1.54, 1.807) is 45.0 Å². The standard InChI is InChI=1S/C31H31F3N2O4/c1-5-6-26(21-11-13-24(14-12-21)29(38)40-30(2,3)4)27(22-15-17-25(18-16-22)39-31(32,33)34)36-28(37)23-9-7-20(19-35)8-10-23/h7-18,26-27H,5-6H2,1-4H3,(H,36,37). The van der Waals surface area contributed by atoms with Crippen LogP contribution >= 0.6 is 0 Å². The first-order chi connectivity index (χ1) is 18.8. The maximum atomic E-state index is 13.3. The van der Waals surface area contributed by atoms with Gasteiger partial charge in [-0.3, -0.25) is 4.79 Å². The van der Waals surface area contributed by atoms with Gasteiger partial charge in [0.05, 0.1) is 23.2 Å². The van der Waals surface area contributed by atoms with Crippen molar-refractivity contribution in [1.82, 2.24) is 5.32 Å². The third-order valence-corrected chi connectivity index (χ3v) is 6.01. The lowest BCUT2D eigenvalue weighted by molar-refractivity contribution is -0.274. The molecule has 3 rings (SSSR count). The first-order valence-corrected chi connectivity index (χ1v) is 12.8. The lowest BCUT2D eigenvalue weighted by Crippen LogP contribution is -2.33. The van der Waals surface area contributed by atoms with E-state index in [1.807, 2.05) is 13.0 Å². The van der Waals surface area contributed by atoms with Crippen LogP contribution in [0.5, 0.6) is 5.75 Å². The van der Waals surface area contributed by atoms with Crippen molar-refractivity contribution in [3.63, 3.8) is 0 Å². The average Bonchev–Trinajstić information content (AvgIpc) is 2.89. The zero-order chi connectivity index (χ0) is 29.5. The van der Waals surface area contributed by atoms with Gasteiger partial charge < -0.3 is 14.8 Å². The van der Waals surface area contributed by atoms with Crippen molar-refractivity contribution in [1.29, 1.82) is 5.26 Å². The lowest BCUT2D eigenvalue weighted by Gasteiger charge is -2.29. The van der Waals surface area contributed by atoms with E-state index >= 15 is 0 Å². The summed E-state index contributed by atoms with van der Waals surface area (Å²) in [6.07, 6.45) is -3.45. The van der Waals surface area contributed by atoms with E-state index in [1.165, 1.54) is 48.5 Å². The van der Waals surface area contributed by atoms with Crippen LogP contribution in [0, 0.1) is 11.3 Å². The second-order valence-corrected chi connectivity index (χ2v) is 10.3. The molecular weight excluding hydrogens is 521 g/mol. The number of hydrogen-bond acceptors (Lipinski definition) is 5. The summed E-state index contributed by atoms with van der Waals surface area (Å²) in [5.74, 6) is -1.52. The monoisotopic (exact) mass is 552 g/mol. The molecule has 1 N–H and O–H groups in total. The van der Waals surface area contributed by atoms with Gasteiger partial charge in [-0.15, -0.1) is 13.2 Å². The minimum Gasteiger partial charge on any atom is -0.456 e.